The second-order valence-electron chi connectivity index (χ2n) is 6.79. The van der Waals surface area contributed by atoms with Crippen LogP contribution in [-0.4, -0.2) is 39.6 Å². The van der Waals surface area contributed by atoms with Crippen LogP contribution in [-0.2, 0) is 24.2 Å². The van der Waals surface area contributed by atoms with E-state index in [2.05, 4.69) is 5.32 Å². The third kappa shape index (κ3) is 5.50. The summed E-state index contributed by atoms with van der Waals surface area (Å²) in [6.07, 6.45) is 0.231. The van der Waals surface area contributed by atoms with Gasteiger partial charge in [0.15, 0.2) is 6.23 Å². The lowest BCUT2D eigenvalue weighted by Gasteiger charge is -2.14. The van der Waals surface area contributed by atoms with Gasteiger partial charge in [-0.3, -0.25) is 5.32 Å². The van der Waals surface area contributed by atoms with E-state index in [1.165, 1.54) is 56.6 Å². The van der Waals surface area contributed by atoms with Crippen LogP contribution in [0.2, 0.25) is 0 Å². The minimum absolute atomic E-state index is 0.0541. The zero-order valence-corrected chi connectivity index (χ0v) is 19.7. The average molecular weight is 506 g/mol. The zero-order chi connectivity index (χ0) is 24.9. The molecule has 0 saturated heterocycles. The van der Waals surface area contributed by atoms with Crippen molar-refractivity contribution in [2.24, 2.45) is 0 Å². The molecular formula is C23H20FNO7S2. The van der Waals surface area contributed by atoms with Gasteiger partial charge in [-0.2, -0.15) is 0 Å². The fourth-order valence-electron chi connectivity index (χ4n) is 3.02. The molecule has 0 aliphatic carbocycles. The van der Waals surface area contributed by atoms with Crippen molar-refractivity contribution in [1.29, 1.82) is 0 Å². The number of aliphatic carboxylic acids is 1. The summed E-state index contributed by atoms with van der Waals surface area (Å²) >= 11 is 0.802. The predicted octanol–water partition coefficient (Wildman–Crippen LogP) is 3.80. The molecule has 0 spiro atoms. The summed E-state index contributed by atoms with van der Waals surface area (Å²) in [6, 6.07) is 13.0. The van der Waals surface area contributed by atoms with Crippen LogP contribution in [0.5, 0.6) is 5.75 Å². The highest BCUT2D eigenvalue weighted by atomic mass is 32.2. The Bertz CT molecular complexity index is 1350. The van der Waals surface area contributed by atoms with Gasteiger partial charge >= 0.3 is 11.9 Å². The van der Waals surface area contributed by atoms with Crippen molar-refractivity contribution in [1.82, 2.24) is 5.32 Å². The van der Waals surface area contributed by atoms with Gasteiger partial charge in [-0.15, -0.1) is 11.3 Å². The predicted molar refractivity (Wildman–Crippen MR) is 123 cm³/mol. The van der Waals surface area contributed by atoms with Crippen molar-refractivity contribution >= 4 is 33.1 Å². The molecule has 3 rings (SSSR count). The quantitative estimate of drug-likeness (QED) is 0.256. The summed E-state index contributed by atoms with van der Waals surface area (Å²) in [6.45, 7) is 0. The third-order valence-corrected chi connectivity index (χ3v) is 8.06. The Kier molecular flexibility index (Phi) is 7.82. The van der Waals surface area contributed by atoms with Crippen molar-refractivity contribution in [3.8, 4) is 16.9 Å². The van der Waals surface area contributed by atoms with Crippen LogP contribution in [0.15, 0.2) is 75.9 Å². The van der Waals surface area contributed by atoms with Gasteiger partial charge in [0.1, 0.15) is 15.8 Å². The maximum atomic E-state index is 14.7. The summed E-state index contributed by atoms with van der Waals surface area (Å²) in [5, 5.41) is 11.4. The van der Waals surface area contributed by atoms with Gasteiger partial charge in [0.25, 0.3) is 0 Å². The highest BCUT2D eigenvalue weighted by Gasteiger charge is 2.29. The fraction of sp³-hybridized carbons (Fsp3) is 0.130. The fourth-order valence-corrected chi connectivity index (χ4v) is 6.18. The highest BCUT2D eigenvalue weighted by molar-refractivity contribution is 7.93. The number of ether oxygens (including phenoxy) is 2. The molecule has 0 radical (unpaired) electrons. The van der Waals surface area contributed by atoms with E-state index in [4.69, 9.17) is 14.6 Å². The number of carbonyl (C=O) groups is 2. The molecule has 0 bridgehead atoms. The second-order valence-corrected chi connectivity index (χ2v) is 10.0. The number of halogens is 1. The van der Waals surface area contributed by atoms with Crippen molar-refractivity contribution in [2.75, 3.05) is 14.2 Å². The number of carboxylic acid groups (broad SMARTS) is 1. The maximum absolute atomic E-state index is 14.7. The van der Waals surface area contributed by atoms with E-state index in [9.17, 15) is 22.4 Å². The summed E-state index contributed by atoms with van der Waals surface area (Å²) in [5.41, 5.74) is 0.150. The van der Waals surface area contributed by atoms with Gasteiger partial charge in [0, 0.05) is 23.3 Å². The number of hydrogen-bond donors (Lipinski definition) is 2. The Morgan fingerprint density at radius 1 is 1.09 bits per heavy atom. The van der Waals surface area contributed by atoms with Crippen molar-refractivity contribution in [2.45, 2.75) is 15.3 Å². The monoisotopic (exact) mass is 505 g/mol. The number of sulfone groups is 1. The number of benzene rings is 2. The van der Waals surface area contributed by atoms with Gasteiger partial charge in [0.05, 0.1) is 16.9 Å². The SMILES string of the molecule is CNC(OC(=O)/C=C/C(=O)O)c1cc(-c2ccccc2F)c(S(=O)(=O)c2cccc(OC)c2)s1. The van der Waals surface area contributed by atoms with Crippen LogP contribution in [0.4, 0.5) is 4.39 Å². The number of rotatable bonds is 9. The van der Waals surface area contributed by atoms with Gasteiger partial charge in [-0.25, -0.2) is 22.4 Å². The Morgan fingerprint density at radius 3 is 2.47 bits per heavy atom. The molecule has 0 saturated carbocycles. The molecule has 0 amide bonds. The summed E-state index contributed by atoms with van der Waals surface area (Å²) < 4.78 is 52.0. The van der Waals surface area contributed by atoms with E-state index in [1.54, 1.807) is 12.1 Å². The number of nitrogens with one attached hydrogen (secondary N) is 1. The Morgan fingerprint density at radius 2 is 1.82 bits per heavy atom. The molecule has 0 aliphatic heterocycles. The van der Waals surface area contributed by atoms with Crippen molar-refractivity contribution in [3.05, 3.63) is 77.4 Å². The topological polar surface area (TPSA) is 119 Å². The number of methoxy groups -OCH3 is 1. The van der Waals surface area contributed by atoms with Gasteiger partial charge in [-0.05, 0) is 37.4 Å². The largest absolute Gasteiger partial charge is 0.497 e. The minimum atomic E-state index is -4.13. The lowest BCUT2D eigenvalue weighted by molar-refractivity contribution is -0.145. The van der Waals surface area contributed by atoms with E-state index in [1.807, 2.05) is 0 Å². The summed E-state index contributed by atoms with van der Waals surface area (Å²) in [4.78, 5) is 22.8. The molecule has 3 aromatic rings. The van der Waals surface area contributed by atoms with E-state index >= 15 is 0 Å². The van der Waals surface area contributed by atoms with E-state index in [0.29, 0.717) is 11.8 Å². The molecule has 1 heterocycles. The molecule has 8 nitrogen and oxygen atoms in total. The average Bonchev–Trinajstić information content (AvgIpc) is 3.27. The van der Waals surface area contributed by atoms with E-state index in [-0.39, 0.29) is 25.1 Å². The Hall–Kier alpha value is -3.54. The molecule has 2 aromatic carbocycles. The zero-order valence-electron chi connectivity index (χ0n) is 18.0. The number of carbonyl (C=O) groups excluding carboxylic acids is 1. The molecule has 2 N–H and O–H groups in total. The Labute approximate surface area is 199 Å². The molecule has 178 valence electrons. The lowest BCUT2D eigenvalue weighted by Crippen LogP contribution is -2.21. The smallest absolute Gasteiger partial charge is 0.332 e. The van der Waals surface area contributed by atoms with Gasteiger partial charge < -0.3 is 14.6 Å². The first kappa shape index (κ1) is 25.1. The second kappa shape index (κ2) is 10.6. The number of hydrogen-bond acceptors (Lipinski definition) is 8. The van der Waals surface area contributed by atoms with E-state index in [0.717, 1.165) is 17.4 Å². The van der Waals surface area contributed by atoms with E-state index < -0.39 is 33.8 Å². The normalized spacial score (nSPS) is 12.4. The number of thiophene rings is 1. The van der Waals surface area contributed by atoms with Crippen LogP contribution in [0, 0.1) is 5.82 Å². The molecule has 1 atom stereocenters. The van der Waals surface area contributed by atoms with Crippen LogP contribution in [0.3, 0.4) is 0 Å². The third-order valence-electron chi connectivity index (χ3n) is 4.59. The van der Waals surface area contributed by atoms with Crippen molar-refractivity contribution < 1.29 is 37.0 Å². The molecule has 1 unspecified atom stereocenters. The molecule has 1 aromatic heterocycles. The minimum Gasteiger partial charge on any atom is -0.497 e. The first-order chi connectivity index (χ1) is 16.2. The first-order valence-corrected chi connectivity index (χ1v) is 12.0. The van der Waals surface area contributed by atoms with Crippen LogP contribution < -0.4 is 10.1 Å². The molecular weight excluding hydrogens is 485 g/mol. The number of esters is 1. The summed E-state index contributed by atoms with van der Waals surface area (Å²) in [7, 11) is -1.25. The van der Waals surface area contributed by atoms with Crippen LogP contribution in [0.1, 0.15) is 11.1 Å². The van der Waals surface area contributed by atoms with Crippen molar-refractivity contribution in [3.63, 3.8) is 0 Å². The van der Waals surface area contributed by atoms with Gasteiger partial charge in [-0.1, -0.05) is 24.3 Å². The summed E-state index contributed by atoms with van der Waals surface area (Å²) in [5.74, 6) is -2.59. The highest BCUT2D eigenvalue weighted by Crippen LogP contribution is 2.41. The van der Waals surface area contributed by atoms with Crippen LogP contribution in [0.25, 0.3) is 11.1 Å². The molecule has 11 heteroatoms. The standard InChI is InChI=1S/C23H20FNO7S2/c1-25-22(32-21(28)11-10-20(26)27)19-13-17(16-8-3-4-9-18(16)24)23(33-19)34(29,30)15-7-5-6-14(12-15)31-2/h3-13,22,25H,1-2H3,(H,26,27)/b11-10+. The maximum Gasteiger partial charge on any atom is 0.332 e. The Balaban J connectivity index is 2.14. The molecule has 0 aliphatic rings. The number of carboxylic acids is 1. The lowest BCUT2D eigenvalue weighted by atomic mass is 10.1. The molecule has 0 fully saturated rings. The van der Waals surface area contributed by atoms with Gasteiger partial charge in [0.2, 0.25) is 9.84 Å². The first-order valence-electron chi connectivity index (χ1n) is 9.74. The van der Waals surface area contributed by atoms with Crippen LogP contribution >= 0.6 is 11.3 Å². The molecule has 34 heavy (non-hydrogen) atoms.